The maximum atomic E-state index is 13.7. The van der Waals surface area contributed by atoms with E-state index in [1.807, 2.05) is 77.8 Å². The predicted molar refractivity (Wildman–Crippen MR) is 131 cm³/mol. The molecule has 1 N–H and O–H groups in total. The number of aromatic nitrogens is 1. The number of rotatable bonds is 5. The van der Waals surface area contributed by atoms with E-state index >= 15 is 0 Å². The largest absolute Gasteiger partial charge is 0.493 e. The molecule has 1 aromatic heterocycles. The summed E-state index contributed by atoms with van der Waals surface area (Å²) in [6, 6.07) is 27.6. The van der Waals surface area contributed by atoms with Gasteiger partial charge >= 0.3 is 6.03 Å². The number of urea groups is 1. The molecule has 6 nitrogen and oxygen atoms in total. The second kappa shape index (κ2) is 9.35. The van der Waals surface area contributed by atoms with E-state index in [0.29, 0.717) is 24.6 Å². The Morgan fingerprint density at radius 2 is 1.68 bits per heavy atom. The van der Waals surface area contributed by atoms with Gasteiger partial charge < -0.3 is 24.3 Å². The molecule has 0 unspecified atom stereocenters. The highest BCUT2D eigenvalue weighted by Gasteiger charge is 2.33. The second-order valence-corrected chi connectivity index (χ2v) is 8.22. The smallest absolute Gasteiger partial charge is 0.318 e. The molecule has 0 fully saturated rings. The molecular formula is C28H27N3O3. The van der Waals surface area contributed by atoms with Crippen LogP contribution in [0.2, 0.25) is 0 Å². The molecule has 1 aliphatic heterocycles. The fourth-order valence-electron chi connectivity index (χ4n) is 4.59. The minimum Gasteiger partial charge on any atom is -0.493 e. The number of hydrogen-bond acceptors (Lipinski definition) is 3. The Balaban J connectivity index is 1.59. The number of hydrogen-bond donors (Lipinski definition) is 1. The number of nitrogens with zero attached hydrogens (tertiary/aromatic N) is 2. The highest BCUT2D eigenvalue weighted by molar-refractivity contribution is 5.76. The van der Waals surface area contributed by atoms with Gasteiger partial charge in [-0.05, 0) is 47.0 Å². The summed E-state index contributed by atoms with van der Waals surface area (Å²) in [4.78, 5) is 15.6. The standard InChI is InChI=1S/C28H27N3O3/c1-33-25-15-14-21(17-26(25)34-2)27-24-13-8-16-30(24)23-12-7-6-11-22(23)19-31(27)28(32)29-18-20-9-4-3-5-10-20/h3-17,27H,18-19H2,1-2H3,(H,29,32)/t27-/m0/s1. The van der Waals surface area contributed by atoms with Gasteiger partial charge in [0.1, 0.15) is 0 Å². The summed E-state index contributed by atoms with van der Waals surface area (Å²) in [6.45, 7) is 0.926. The minimum atomic E-state index is -0.321. The molecule has 0 spiro atoms. The van der Waals surface area contributed by atoms with E-state index in [1.165, 1.54) is 0 Å². The summed E-state index contributed by atoms with van der Waals surface area (Å²) in [5.74, 6) is 1.28. The van der Waals surface area contributed by atoms with Gasteiger partial charge in [0.05, 0.1) is 32.5 Å². The summed E-state index contributed by atoms with van der Waals surface area (Å²) >= 11 is 0. The number of carbonyl (C=O) groups excluding carboxylic acids is 1. The van der Waals surface area contributed by atoms with Gasteiger partial charge in [-0.3, -0.25) is 0 Å². The first-order chi connectivity index (χ1) is 16.7. The molecule has 1 atom stereocenters. The van der Waals surface area contributed by atoms with Gasteiger partial charge in [-0.1, -0.05) is 54.6 Å². The van der Waals surface area contributed by atoms with E-state index < -0.39 is 0 Å². The molecule has 172 valence electrons. The van der Waals surface area contributed by atoms with Crippen molar-refractivity contribution in [1.29, 1.82) is 0 Å². The Bertz CT molecular complexity index is 1300. The molecule has 0 aliphatic carbocycles. The lowest BCUT2D eigenvalue weighted by Crippen LogP contribution is -2.41. The monoisotopic (exact) mass is 453 g/mol. The van der Waals surface area contributed by atoms with E-state index in [-0.39, 0.29) is 12.1 Å². The molecule has 0 saturated heterocycles. The summed E-state index contributed by atoms with van der Waals surface area (Å²) in [7, 11) is 3.24. The lowest BCUT2D eigenvalue weighted by molar-refractivity contribution is 0.180. The van der Waals surface area contributed by atoms with Gasteiger partial charge in [0.25, 0.3) is 0 Å². The Kier molecular flexibility index (Phi) is 5.95. The molecule has 34 heavy (non-hydrogen) atoms. The molecule has 0 bridgehead atoms. The fraction of sp³-hybridized carbons (Fsp3) is 0.179. The van der Waals surface area contributed by atoms with E-state index in [9.17, 15) is 4.79 Å². The van der Waals surface area contributed by atoms with Gasteiger partial charge in [-0.2, -0.15) is 0 Å². The Morgan fingerprint density at radius 1 is 0.912 bits per heavy atom. The van der Waals surface area contributed by atoms with Crippen LogP contribution in [0.25, 0.3) is 5.69 Å². The number of nitrogens with one attached hydrogen (secondary N) is 1. The van der Waals surface area contributed by atoms with Crippen LogP contribution in [0, 0.1) is 0 Å². The summed E-state index contributed by atoms with van der Waals surface area (Å²) < 4.78 is 13.2. The van der Waals surface area contributed by atoms with Gasteiger partial charge in [0, 0.05) is 18.4 Å². The van der Waals surface area contributed by atoms with Gasteiger partial charge in [0.15, 0.2) is 11.5 Å². The van der Waals surface area contributed by atoms with Crippen LogP contribution in [-0.2, 0) is 13.1 Å². The van der Waals surface area contributed by atoms with Crippen molar-refractivity contribution in [2.75, 3.05) is 14.2 Å². The zero-order chi connectivity index (χ0) is 23.5. The zero-order valence-electron chi connectivity index (χ0n) is 19.3. The Hall–Kier alpha value is -4.19. The molecule has 2 amide bonds. The SMILES string of the molecule is COc1ccc([C@H]2c3cccn3-c3ccccc3CN2C(=O)NCc2ccccc2)cc1OC. The highest BCUT2D eigenvalue weighted by Crippen LogP contribution is 2.39. The summed E-state index contributed by atoms with van der Waals surface area (Å²) in [5, 5.41) is 3.12. The van der Waals surface area contributed by atoms with Crippen LogP contribution in [0.5, 0.6) is 11.5 Å². The first-order valence-electron chi connectivity index (χ1n) is 11.3. The highest BCUT2D eigenvalue weighted by atomic mass is 16.5. The van der Waals surface area contributed by atoms with Gasteiger partial charge in [0.2, 0.25) is 0 Å². The van der Waals surface area contributed by atoms with E-state index in [1.54, 1.807) is 14.2 Å². The second-order valence-electron chi connectivity index (χ2n) is 8.22. The van der Waals surface area contributed by atoms with Crippen LogP contribution < -0.4 is 14.8 Å². The van der Waals surface area contributed by atoms with Crippen molar-refractivity contribution < 1.29 is 14.3 Å². The molecule has 6 heteroatoms. The van der Waals surface area contributed by atoms with Crippen molar-refractivity contribution >= 4 is 6.03 Å². The molecule has 0 saturated carbocycles. The molecule has 3 aromatic carbocycles. The summed E-state index contributed by atoms with van der Waals surface area (Å²) in [5.41, 5.74) is 5.16. The first kappa shape index (κ1) is 21.6. The van der Waals surface area contributed by atoms with Crippen molar-refractivity contribution in [2.24, 2.45) is 0 Å². The number of benzene rings is 3. The van der Waals surface area contributed by atoms with E-state index in [0.717, 1.165) is 28.1 Å². The summed E-state index contributed by atoms with van der Waals surface area (Å²) in [6.07, 6.45) is 2.05. The normalized spacial score (nSPS) is 14.5. The third kappa shape index (κ3) is 3.99. The number of amides is 2. The lowest BCUT2D eigenvalue weighted by atomic mass is 10.0. The van der Waals surface area contributed by atoms with Crippen molar-refractivity contribution in [3.63, 3.8) is 0 Å². The number of methoxy groups -OCH3 is 2. The van der Waals surface area contributed by atoms with Crippen LogP contribution in [-0.4, -0.2) is 29.7 Å². The molecule has 0 radical (unpaired) electrons. The van der Waals surface area contributed by atoms with Crippen molar-refractivity contribution in [3.8, 4) is 17.2 Å². The van der Waals surface area contributed by atoms with Crippen molar-refractivity contribution in [3.05, 3.63) is 114 Å². The van der Waals surface area contributed by atoms with Crippen LogP contribution in [0.4, 0.5) is 4.79 Å². The minimum absolute atomic E-state index is 0.131. The van der Waals surface area contributed by atoms with Gasteiger partial charge in [-0.15, -0.1) is 0 Å². The van der Waals surface area contributed by atoms with Crippen LogP contribution in [0.3, 0.4) is 0 Å². The number of fused-ring (bicyclic) bond motifs is 3. The average molecular weight is 454 g/mol. The molecule has 1 aliphatic rings. The average Bonchev–Trinajstić information content (AvgIpc) is 3.31. The third-order valence-corrected chi connectivity index (χ3v) is 6.23. The van der Waals surface area contributed by atoms with Crippen molar-refractivity contribution in [1.82, 2.24) is 14.8 Å². The lowest BCUT2D eigenvalue weighted by Gasteiger charge is -2.31. The van der Waals surface area contributed by atoms with Crippen LogP contribution in [0.1, 0.15) is 28.4 Å². The number of carbonyl (C=O) groups is 1. The van der Waals surface area contributed by atoms with Crippen molar-refractivity contribution in [2.45, 2.75) is 19.1 Å². The van der Waals surface area contributed by atoms with Gasteiger partial charge in [-0.25, -0.2) is 4.79 Å². The van der Waals surface area contributed by atoms with Crippen LogP contribution in [0.15, 0.2) is 91.1 Å². The third-order valence-electron chi connectivity index (χ3n) is 6.23. The number of para-hydroxylation sites is 1. The van der Waals surface area contributed by atoms with E-state index in [2.05, 4.69) is 28.1 Å². The molecule has 2 heterocycles. The first-order valence-corrected chi connectivity index (χ1v) is 11.3. The zero-order valence-corrected chi connectivity index (χ0v) is 19.3. The Morgan fingerprint density at radius 3 is 2.47 bits per heavy atom. The molecular weight excluding hydrogens is 426 g/mol. The maximum absolute atomic E-state index is 13.7. The molecule has 5 rings (SSSR count). The number of ether oxygens (including phenoxy) is 2. The van der Waals surface area contributed by atoms with E-state index in [4.69, 9.17) is 9.47 Å². The fourth-order valence-corrected chi connectivity index (χ4v) is 4.59. The topological polar surface area (TPSA) is 55.7 Å². The predicted octanol–water partition coefficient (Wildman–Crippen LogP) is 5.31. The quantitative estimate of drug-likeness (QED) is 0.446. The van der Waals surface area contributed by atoms with Crippen LogP contribution >= 0.6 is 0 Å². The molecule has 4 aromatic rings. The maximum Gasteiger partial charge on any atom is 0.318 e. The Labute approximate surface area is 199 Å².